The van der Waals surface area contributed by atoms with Crippen molar-refractivity contribution in [3.05, 3.63) is 139 Å². The van der Waals surface area contributed by atoms with Crippen molar-refractivity contribution in [2.45, 2.75) is 46.6 Å². The van der Waals surface area contributed by atoms with E-state index in [0.717, 1.165) is 18.9 Å². The minimum absolute atomic E-state index is 0.826. The van der Waals surface area contributed by atoms with E-state index >= 15 is 0 Å². The Balaban J connectivity index is 0.000000236. The van der Waals surface area contributed by atoms with Gasteiger partial charge in [0.25, 0.3) is 0 Å². The van der Waals surface area contributed by atoms with Gasteiger partial charge in [0.1, 0.15) is 0 Å². The second kappa shape index (κ2) is 20.6. The minimum atomic E-state index is -0.826. The van der Waals surface area contributed by atoms with Gasteiger partial charge in [0.05, 0.1) is 0 Å². The summed E-state index contributed by atoms with van der Waals surface area (Å²) in [5.74, 6) is 0. The second-order valence-corrected chi connectivity index (χ2v) is 13.6. The van der Waals surface area contributed by atoms with Gasteiger partial charge in [0, 0.05) is 10.2 Å². The molecule has 0 N–H and O–H groups in total. The molecule has 6 aromatic rings. The maximum absolute atomic E-state index is 4.93. The fourth-order valence-electron chi connectivity index (χ4n) is 4.74. The van der Waals surface area contributed by atoms with Crippen LogP contribution in [0.2, 0.25) is 6.04 Å². The molecule has 0 amide bonds. The van der Waals surface area contributed by atoms with Gasteiger partial charge in [-0.25, -0.2) is 0 Å². The molecule has 0 bridgehead atoms. The van der Waals surface area contributed by atoms with Crippen molar-refractivity contribution in [1.29, 1.82) is 0 Å². The van der Waals surface area contributed by atoms with Crippen molar-refractivity contribution in [2.75, 3.05) is 0 Å². The van der Waals surface area contributed by atoms with Crippen molar-refractivity contribution in [3.63, 3.8) is 0 Å². The monoisotopic (exact) mass is 684 g/mol. The Hall–Kier alpha value is -2.22. The van der Waals surface area contributed by atoms with Crippen molar-refractivity contribution < 1.29 is 20.8 Å². The van der Waals surface area contributed by atoms with Gasteiger partial charge >= 0.3 is 37.9 Å². The number of benzene rings is 4. The normalized spacial score (nSPS) is 9.71. The molecule has 0 aromatic heterocycles. The Bertz CT molecular complexity index is 1430. The van der Waals surface area contributed by atoms with E-state index in [-0.39, 0.29) is 0 Å². The molecule has 42 heavy (non-hydrogen) atoms. The zero-order valence-corrected chi connectivity index (χ0v) is 30.1. The zero-order chi connectivity index (χ0) is 30.7. The predicted octanol–water partition coefficient (Wildman–Crippen LogP) is 12.4. The van der Waals surface area contributed by atoms with Crippen molar-refractivity contribution >= 4 is 48.8 Å². The molecular formula is C38H40Cl2SiZr-3. The van der Waals surface area contributed by atoms with E-state index in [4.69, 9.17) is 17.0 Å². The topological polar surface area (TPSA) is 0 Å². The third-order valence-electron chi connectivity index (χ3n) is 6.61. The summed E-state index contributed by atoms with van der Waals surface area (Å²) in [6.07, 6.45) is 2.20. The van der Waals surface area contributed by atoms with Gasteiger partial charge in [-0.2, -0.15) is 19.1 Å². The van der Waals surface area contributed by atoms with Crippen LogP contribution in [0.25, 0.3) is 43.8 Å². The van der Waals surface area contributed by atoms with Crippen molar-refractivity contribution in [3.8, 4) is 22.3 Å². The molecule has 0 unspecified atom stereocenters. The molecule has 4 heteroatoms. The average Bonchev–Trinajstić information content (AvgIpc) is 3.68. The molecule has 0 saturated heterocycles. The van der Waals surface area contributed by atoms with Crippen LogP contribution in [-0.4, -0.2) is 10.2 Å². The molecule has 6 aromatic carbocycles. The van der Waals surface area contributed by atoms with Gasteiger partial charge < -0.3 is 6.92 Å². The Morgan fingerprint density at radius 1 is 0.595 bits per heavy atom. The van der Waals surface area contributed by atoms with Gasteiger partial charge in [-0.05, 0) is 24.0 Å². The first-order valence-corrected chi connectivity index (χ1v) is 21.4. The third-order valence-corrected chi connectivity index (χ3v) is 6.61. The summed E-state index contributed by atoms with van der Waals surface area (Å²) in [5.41, 5.74) is 8.11. The van der Waals surface area contributed by atoms with Crippen molar-refractivity contribution in [2.24, 2.45) is 0 Å². The molecule has 3 radical (unpaired) electrons. The molecule has 0 aliphatic rings. The first kappa shape index (κ1) is 36.0. The van der Waals surface area contributed by atoms with Gasteiger partial charge in [-0.15, -0.1) is 69.1 Å². The second-order valence-electron chi connectivity index (χ2n) is 9.21. The van der Waals surface area contributed by atoms with Crippen LogP contribution in [0.1, 0.15) is 38.8 Å². The van der Waals surface area contributed by atoms with E-state index in [2.05, 4.69) is 152 Å². The van der Waals surface area contributed by atoms with E-state index < -0.39 is 20.8 Å². The molecule has 217 valence electrons. The number of aryl methyl sites for hydroxylation is 2. The van der Waals surface area contributed by atoms with Gasteiger partial charge in [-0.1, -0.05) is 111 Å². The number of fused-ring (bicyclic) bond motifs is 2. The molecular weight excluding hydrogens is 647 g/mol. The Morgan fingerprint density at radius 3 is 1.24 bits per heavy atom. The molecule has 0 fully saturated rings. The fourth-order valence-corrected chi connectivity index (χ4v) is 4.74. The predicted molar refractivity (Wildman–Crippen MR) is 188 cm³/mol. The van der Waals surface area contributed by atoms with Crippen LogP contribution < -0.4 is 0 Å². The summed E-state index contributed by atoms with van der Waals surface area (Å²) >= 11 is -0.826. The summed E-state index contributed by atoms with van der Waals surface area (Å²) in [7, 11) is 13.1. The van der Waals surface area contributed by atoms with Crippen LogP contribution in [0.3, 0.4) is 0 Å². The van der Waals surface area contributed by atoms with Crippen LogP contribution in [0.5, 0.6) is 0 Å². The van der Waals surface area contributed by atoms with Gasteiger partial charge in [0.15, 0.2) is 0 Å². The van der Waals surface area contributed by atoms with E-state index in [9.17, 15) is 0 Å². The Morgan fingerprint density at radius 2 is 0.929 bits per heavy atom. The molecule has 0 spiro atoms. The first-order valence-electron chi connectivity index (χ1n) is 14.4. The fraction of sp³-hybridized carbons (Fsp3) is 0.184. The van der Waals surface area contributed by atoms with Crippen LogP contribution >= 0.6 is 17.0 Å². The van der Waals surface area contributed by atoms with Crippen LogP contribution in [-0.2, 0) is 33.7 Å². The van der Waals surface area contributed by atoms with Crippen LogP contribution in [0.15, 0.2) is 121 Å². The first-order chi connectivity index (χ1) is 20.6. The summed E-state index contributed by atoms with van der Waals surface area (Å²) in [6.45, 7) is 11.4. The molecule has 0 nitrogen and oxygen atoms in total. The number of halogens is 2. The van der Waals surface area contributed by atoms with Crippen molar-refractivity contribution in [1.82, 2.24) is 0 Å². The molecule has 0 aliphatic carbocycles. The maximum atomic E-state index is 4.93. The van der Waals surface area contributed by atoms with E-state index in [1.807, 2.05) is 6.92 Å². The Kier molecular flexibility index (Phi) is 17.7. The number of rotatable bonds is 4. The number of hydrogen-bond donors (Lipinski definition) is 0. The quantitative estimate of drug-likeness (QED) is 0.128. The average molecular weight is 687 g/mol. The van der Waals surface area contributed by atoms with E-state index in [0.29, 0.717) is 0 Å². The summed E-state index contributed by atoms with van der Waals surface area (Å²) in [6, 6.07) is 44.6. The summed E-state index contributed by atoms with van der Waals surface area (Å²) in [5, 5.41) is 5.44. The Labute approximate surface area is 275 Å². The molecule has 6 rings (SSSR count). The summed E-state index contributed by atoms with van der Waals surface area (Å²) in [4.78, 5) is 0. The molecule has 0 heterocycles. The van der Waals surface area contributed by atoms with Gasteiger partial charge in [0.2, 0.25) is 0 Å². The SMILES string of the molecule is CC[Si].CCc1cc2c(-c3ccccc3)cccc2[cH-]1.CCc1cc2c(-c3ccccc3)cccc2[cH-]1.[CH2-]C.[Cl][Zr][Cl]. The molecule has 0 aliphatic heterocycles. The third kappa shape index (κ3) is 10.5. The molecule has 0 saturated carbocycles. The van der Waals surface area contributed by atoms with Gasteiger partial charge in [-0.3, -0.25) is 0 Å². The van der Waals surface area contributed by atoms with Crippen LogP contribution in [0, 0.1) is 6.92 Å². The van der Waals surface area contributed by atoms with E-state index in [1.54, 1.807) is 6.92 Å². The standard InChI is InChI=1S/2C17H15.C2H5Si.C2H5.2ClH.Zr/c2*1-2-13-11-15-9-6-10-16(17(15)12-13)14-7-4-3-5-8-14;1-2-3;1-2;;;/h2*3-12H,2H2,1H3;2H2,1H3;1H2,2H3;2*1H;/q2*-1;;-1;;;+2/p-2. The number of hydrogen-bond acceptors (Lipinski definition) is 0. The van der Waals surface area contributed by atoms with E-state index in [1.165, 1.54) is 54.9 Å². The molecule has 0 atom stereocenters. The zero-order valence-electron chi connectivity index (χ0n) is 25.1. The van der Waals surface area contributed by atoms with Crippen LogP contribution in [0.4, 0.5) is 0 Å². The summed E-state index contributed by atoms with van der Waals surface area (Å²) < 4.78 is 0.